The van der Waals surface area contributed by atoms with Crippen LogP contribution in [0.15, 0.2) is 48.5 Å². The Kier molecular flexibility index (Phi) is 8.65. The van der Waals surface area contributed by atoms with Crippen LogP contribution in [0.2, 0.25) is 0 Å². The lowest BCUT2D eigenvalue weighted by Gasteiger charge is -2.29. The van der Waals surface area contributed by atoms with Crippen LogP contribution in [0.5, 0.6) is 11.5 Å². The molecule has 2 rings (SSSR count). The number of nitrogens with one attached hydrogen (secondary N) is 1. The first-order chi connectivity index (χ1) is 14.3. The smallest absolute Gasteiger partial charge is 0.261 e. The van der Waals surface area contributed by atoms with Crippen molar-refractivity contribution in [2.45, 2.75) is 33.4 Å². The maximum Gasteiger partial charge on any atom is 0.261 e. The first kappa shape index (κ1) is 23.2. The summed E-state index contributed by atoms with van der Waals surface area (Å²) in [4.78, 5) is 26.8. The number of carbonyl (C=O) groups excluding carboxylic acids is 2. The fraction of sp³-hybridized carbons (Fsp3) is 0.391. The molecule has 0 spiro atoms. The molecule has 0 fully saturated rings. The SMILES string of the molecule is COc1ccc(OCC(=O)N(Cc2ccccc2F)C(C)C(=O)NCC(C)C)cc1. The van der Waals surface area contributed by atoms with Gasteiger partial charge in [-0.1, -0.05) is 32.0 Å². The van der Waals surface area contributed by atoms with Crippen LogP contribution in [0.25, 0.3) is 0 Å². The molecule has 0 bridgehead atoms. The Labute approximate surface area is 177 Å². The Morgan fingerprint density at radius 1 is 1.03 bits per heavy atom. The number of halogens is 1. The van der Waals surface area contributed by atoms with Crippen molar-refractivity contribution in [2.24, 2.45) is 5.92 Å². The Morgan fingerprint density at radius 2 is 1.67 bits per heavy atom. The molecule has 0 aliphatic carbocycles. The molecule has 6 nitrogen and oxygen atoms in total. The molecule has 1 N–H and O–H groups in total. The molecule has 0 aromatic heterocycles. The predicted molar refractivity (Wildman–Crippen MR) is 113 cm³/mol. The number of methoxy groups -OCH3 is 1. The molecule has 7 heteroatoms. The van der Waals surface area contributed by atoms with Crippen LogP contribution < -0.4 is 14.8 Å². The molecule has 30 heavy (non-hydrogen) atoms. The molecule has 162 valence electrons. The van der Waals surface area contributed by atoms with E-state index < -0.39 is 17.8 Å². The molecule has 2 aromatic carbocycles. The van der Waals surface area contributed by atoms with Gasteiger partial charge in [-0.15, -0.1) is 0 Å². The van der Waals surface area contributed by atoms with Crippen LogP contribution in [0.3, 0.4) is 0 Å². The van der Waals surface area contributed by atoms with E-state index in [0.29, 0.717) is 23.6 Å². The van der Waals surface area contributed by atoms with Crippen molar-refractivity contribution >= 4 is 11.8 Å². The molecule has 0 saturated carbocycles. The van der Waals surface area contributed by atoms with E-state index >= 15 is 0 Å². The van der Waals surface area contributed by atoms with E-state index in [1.165, 1.54) is 11.0 Å². The van der Waals surface area contributed by atoms with Crippen molar-refractivity contribution in [3.8, 4) is 11.5 Å². The summed E-state index contributed by atoms with van der Waals surface area (Å²) in [5.74, 6) is 0.299. The fourth-order valence-corrected chi connectivity index (χ4v) is 2.75. The van der Waals surface area contributed by atoms with Gasteiger partial charge in [0.15, 0.2) is 6.61 Å². The minimum atomic E-state index is -0.782. The summed E-state index contributed by atoms with van der Waals surface area (Å²) in [6.07, 6.45) is 0. The summed E-state index contributed by atoms with van der Waals surface area (Å²) >= 11 is 0. The Bertz CT molecular complexity index is 839. The summed E-state index contributed by atoms with van der Waals surface area (Å²) in [6, 6.07) is 12.2. The minimum absolute atomic E-state index is 0.0340. The average Bonchev–Trinajstić information content (AvgIpc) is 2.75. The van der Waals surface area contributed by atoms with Crippen molar-refractivity contribution in [1.29, 1.82) is 0 Å². The van der Waals surface area contributed by atoms with Gasteiger partial charge in [-0.25, -0.2) is 4.39 Å². The zero-order valence-corrected chi connectivity index (χ0v) is 17.9. The molecular formula is C23H29FN2O4. The van der Waals surface area contributed by atoms with Gasteiger partial charge in [0.25, 0.3) is 5.91 Å². The van der Waals surface area contributed by atoms with Gasteiger partial charge in [0.2, 0.25) is 5.91 Å². The second-order valence-corrected chi connectivity index (χ2v) is 7.39. The van der Waals surface area contributed by atoms with Gasteiger partial charge < -0.3 is 19.7 Å². The van der Waals surface area contributed by atoms with E-state index in [4.69, 9.17) is 9.47 Å². The van der Waals surface area contributed by atoms with Crippen molar-refractivity contribution in [3.05, 3.63) is 59.9 Å². The molecule has 0 radical (unpaired) electrons. The summed E-state index contributed by atoms with van der Waals surface area (Å²) in [5.41, 5.74) is 0.332. The standard InChI is InChI=1S/C23H29FN2O4/c1-16(2)13-25-23(28)17(3)26(14-18-7-5-6-8-21(18)24)22(27)15-30-20-11-9-19(29-4)10-12-20/h5-12,16-17H,13-15H2,1-4H3,(H,25,28). The first-order valence-corrected chi connectivity index (χ1v) is 9.89. The third-order valence-electron chi connectivity index (χ3n) is 4.57. The van der Waals surface area contributed by atoms with Gasteiger partial charge in [0, 0.05) is 18.7 Å². The molecule has 1 atom stereocenters. The highest BCUT2D eigenvalue weighted by Crippen LogP contribution is 2.18. The zero-order chi connectivity index (χ0) is 22.1. The maximum absolute atomic E-state index is 14.2. The lowest BCUT2D eigenvalue weighted by Crippen LogP contribution is -2.49. The monoisotopic (exact) mass is 416 g/mol. The third-order valence-corrected chi connectivity index (χ3v) is 4.57. The minimum Gasteiger partial charge on any atom is -0.497 e. The second kappa shape index (κ2) is 11.2. The molecule has 0 aliphatic heterocycles. The summed E-state index contributed by atoms with van der Waals surface area (Å²) in [7, 11) is 1.56. The van der Waals surface area contributed by atoms with E-state index in [1.807, 2.05) is 13.8 Å². The first-order valence-electron chi connectivity index (χ1n) is 9.89. The van der Waals surface area contributed by atoms with Crippen LogP contribution in [0, 0.1) is 11.7 Å². The molecule has 1 unspecified atom stereocenters. The quantitative estimate of drug-likeness (QED) is 0.645. The van der Waals surface area contributed by atoms with E-state index in [9.17, 15) is 14.0 Å². The van der Waals surface area contributed by atoms with Crippen LogP contribution in [0.4, 0.5) is 4.39 Å². The Morgan fingerprint density at radius 3 is 2.27 bits per heavy atom. The van der Waals surface area contributed by atoms with Crippen molar-refractivity contribution in [3.63, 3.8) is 0 Å². The second-order valence-electron chi connectivity index (χ2n) is 7.39. The number of rotatable bonds is 10. The largest absolute Gasteiger partial charge is 0.497 e. The number of amides is 2. The Balaban J connectivity index is 2.12. The molecular weight excluding hydrogens is 387 g/mol. The number of carbonyl (C=O) groups is 2. The highest BCUT2D eigenvalue weighted by Gasteiger charge is 2.27. The molecule has 0 heterocycles. The van der Waals surface area contributed by atoms with Gasteiger partial charge >= 0.3 is 0 Å². The fourth-order valence-electron chi connectivity index (χ4n) is 2.75. The number of benzene rings is 2. The predicted octanol–water partition coefficient (Wildman–Crippen LogP) is 3.40. The maximum atomic E-state index is 14.2. The zero-order valence-electron chi connectivity index (χ0n) is 17.9. The Hall–Kier alpha value is -3.09. The van der Waals surface area contributed by atoms with Gasteiger partial charge in [-0.05, 0) is 43.2 Å². The summed E-state index contributed by atoms with van der Waals surface area (Å²) in [6.45, 7) is 5.77. The number of ether oxygens (including phenoxy) is 2. The van der Waals surface area contributed by atoms with Crippen LogP contribution in [0.1, 0.15) is 26.3 Å². The normalized spacial score (nSPS) is 11.7. The topological polar surface area (TPSA) is 67.9 Å². The van der Waals surface area contributed by atoms with E-state index in [0.717, 1.165) is 0 Å². The van der Waals surface area contributed by atoms with E-state index in [-0.39, 0.29) is 25.0 Å². The highest BCUT2D eigenvalue weighted by atomic mass is 19.1. The third kappa shape index (κ3) is 6.76. The van der Waals surface area contributed by atoms with Gasteiger partial charge in [0.1, 0.15) is 23.4 Å². The van der Waals surface area contributed by atoms with Crippen molar-refractivity contribution in [1.82, 2.24) is 10.2 Å². The number of hydrogen-bond donors (Lipinski definition) is 1. The average molecular weight is 416 g/mol. The van der Waals surface area contributed by atoms with E-state index in [1.54, 1.807) is 56.5 Å². The number of hydrogen-bond acceptors (Lipinski definition) is 4. The van der Waals surface area contributed by atoms with Crippen LogP contribution >= 0.6 is 0 Å². The van der Waals surface area contributed by atoms with Crippen molar-refractivity contribution < 1.29 is 23.5 Å². The lowest BCUT2D eigenvalue weighted by molar-refractivity contribution is -0.142. The molecule has 0 aliphatic rings. The lowest BCUT2D eigenvalue weighted by atomic mass is 10.1. The van der Waals surface area contributed by atoms with Crippen molar-refractivity contribution in [2.75, 3.05) is 20.3 Å². The molecule has 2 aromatic rings. The summed E-state index contributed by atoms with van der Waals surface area (Å²) < 4.78 is 24.8. The van der Waals surface area contributed by atoms with Gasteiger partial charge in [-0.3, -0.25) is 9.59 Å². The number of nitrogens with zero attached hydrogens (tertiary/aromatic N) is 1. The van der Waals surface area contributed by atoms with Gasteiger partial charge in [-0.2, -0.15) is 0 Å². The summed E-state index contributed by atoms with van der Waals surface area (Å²) in [5, 5.41) is 2.82. The van der Waals surface area contributed by atoms with E-state index in [2.05, 4.69) is 5.32 Å². The van der Waals surface area contributed by atoms with Gasteiger partial charge in [0.05, 0.1) is 7.11 Å². The van der Waals surface area contributed by atoms with Crippen LogP contribution in [-0.2, 0) is 16.1 Å². The molecule has 0 saturated heterocycles. The highest BCUT2D eigenvalue weighted by molar-refractivity contribution is 5.87. The van der Waals surface area contributed by atoms with Crippen LogP contribution in [-0.4, -0.2) is 43.0 Å². The molecule has 2 amide bonds.